The Morgan fingerprint density at radius 2 is 1.94 bits per heavy atom. The Bertz CT molecular complexity index is 385. The summed E-state index contributed by atoms with van der Waals surface area (Å²) in [5.41, 5.74) is 3.79. The molecule has 0 aromatic carbocycles. The SMILES string of the molecule is CCC(C)c1nc2c(c(C(C)C)n1)CNC2. The van der Waals surface area contributed by atoms with Crippen LogP contribution in [-0.2, 0) is 13.1 Å². The van der Waals surface area contributed by atoms with Crippen LogP contribution in [0.15, 0.2) is 0 Å². The van der Waals surface area contributed by atoms with Crippen LogP contribution >= 0.6 is 0 Å². The zero-order chi connectivity index (χ0) is 11.7. The van der Waals surface area contributed by atoms with Gasteiger partial charge in [-0.1, -0.05) is 27.7 Å². The third-order valence-corrected chi connectivity index (χ3v) is 3.34. The number of aromatic nitrogens is 2. The fraction of sp³-hybridized carbons (Fsp3) is 0.692. The van der Waals surface area contributed by atoms with Crippen molar-refractivity contribution in [3.63, 3.8) is 0 Å². The Balaban J connectivity index is 2.47. The molecule has 1 atom stereocenters. The highest BCUT2D eigenvalue weighted by molar-refractivity contribution is 5.31. The van der Waals surface area contributed by atoms with E-state index in [1.807, 2.05) is 0 Å². The maximum Gasteiger partial charge on any atom is 0.131 e. The molecule has 0 bridgehead atoms. The summed E-state index contributed by atoms with van der Waals surface area (Å²) in [6, 6.07) is 0. The number of hydrogen-bond acceptors (Lipinski definition) is 3. The molecule has 2 heterocycles. The van der Waals surface area contributed by atoms with Crippen LogP contribution in [0.1, 0.15) is 68.7 Å². The van der Waals surface area contributed by atoms with Crippen molar-refractivity contribution in [3.8, 4) is 0 Å². The van der Waals surface area contributed by atoms with Crippen molar-refractivity contribution in [3.05, 3.63) is 22.8 Å². The normalized spacial score (nSPS) is 16.6. The lowest BCUT2D eigenvalue weighted by Crippen LogP contribution is -2.09. The Kier molecular flexibility index (Phi) is 3.24. The van der Waals surface area contributed by atoms with Gasteiger partial charge in [-0.25, -0.2) is 9.97 Å². The molecule has 0 aliphatic carbocycles. The lowest BCUT2D eigenvalue weighted by molar-refractivity contribution is 0.653. The Morgan fingerprint density at radius 1 is 1.19 bits per heavy atom. The standard InChI is InChI=1S/C13H21N3/c1-5-9(4)13-15-11-7-14-6-10(11)12(16-13)8(2)3/h8-9,14H,5-7H2,1-4H3. The van der Waals surface area contributed by atoms with E-state index in [2.05, 4.69) is 33.0 Å². The van der Waals surface area contributed by atoms with Crippen molar-refractivity contribution in [1.82, 2.24) is 15.3 Å². The smallest absolute Gasteiger partial charge is 0.131 e. The number of nitrogens with zero attached hydrogens (tertiary/aromatic N) is 2. The Morgan fingerprint density at radius 3 is 2.56 bits per heavy atom. The van der Waals surface area contributed by atoms with Crippen LogP contribution in [0, 0.1) is 0 Å². The van der Waals surface area contributed by atoms with Crippen molar-refractivity contribution in [2.24, 2.45) is 0 Å². The minimum Gasteiger partial charge on any atom is -0.307 e. The first-order valence-electron chi connectivity index (χ1n) is 6.23. The summed E-state index contributed by atoms with van der Waals surface area (Å²) in [6.07, 6.45) is 1.10. The summed E-state index contributed by atoms with van der Waals surface area (Å²) in [5, 5.41) is 3.36. The second-order valence-corrected chi connectivity index (χ2v) is 4.96. The lowest BCUT2D eigenvalue weighted by atomic mass is 10.0. The molecule has 0 radical (unpaired) electrons. The number of fused-ring (bicyclic) bond motifs is 1. The molecule has 16 heavy (non-hydrogen) atoms. The summed E-state index contributed by atoms with van der Waals surface area (Å²) in [7, 11) is 0. The van der Waals surface area contributed by atoms with Gasteiger partial charge in [-0.2, -0.15) is 0 Å². The molecule has 88 valence electrons. The van der Waals surface area contributed by atoms with E-state index in [-0.39, 0.29) is 0 Å². The van der Waals surface area contributed by atoms with Crippen LogP contribution in [0.4, 0.5) is 0 Å². The molecular formula is C13H21N3. The summed E-state index contributed by atoms with van der Waals surface area (Å²) in [5.74, 6) is 1.97. The third-order valence-electron chi connectivity index (χ3n) is 3.34. The molecule has 1 aromatic heterocycles. The van der Waals surface area contributed by atoms with E-state index in [4.69, 9.17) is 9.97 Å². The summed E-state index contributed by atoms with van der Waals surface area (Å²) >= 11 is 0. The summed E-state index contributed by atoms with van der Waals surface area (Å²) in [4.78, 5) is 9.46. The van der Waals surface area contributed by atoms with Gasteiger partial charge in [0.15, 0.2) is 0 Å². The van der Waals surface area contributed by atoms with Crippen molar-refractivity contribution in [1.29, 1.82) is 0 Å². The predicted molar refractivity (Wildman–Crippen MR) is 65.4 cm³/mol. The van der Waals surface area contributed by atoms with Gasteiger partial charge in [-0.05, 0) is 12.3 Å². The minimum absolute atomic E-state index is 0.461. The summed E-state index contributed by atoms with van der Waals surface area (Å²) < 4.78 is 0. The highest BCUT2D eigenvalue weighted by Gasteiger charge is 2.21. The zero-order valence-corrected chi connectivity index (χ0v) is 10.7. The fourth-order valence-corrected chi connectivity index (χ4v) is 2.09. The first-order valence-corrected chi connectivity index (χ1v) is 6.23. The van der Waals surface area contributed by atoms with E-state index < -0.39 is 0 Å². The largest absolute Gasteiger partial charge is 0.307 e. The van der Waals surface area contributed by atoms with Gasteiger partial charge in [0.1, 0.15) is 5.82 Å². The van der Waals surface area contributed by atoms with Gasteiger partial charge >= 0.3 is 0 Å². The van der Waals surface area contributed by atoms with Crippen LogP contribution in [-0.4, -0.2) is 9.97 Å². The van der Waals surface area contributed by atoms with E-state index in [0.29, 0.717) is 11.8 Å². The lowest BCUT2D eigenvalue weighted by Gasteiger charge is -2.14. The topological polar surface area (TPSA) is 37.8 Å². The van der Waals surface area contributed by atoms with Crippen molar-refractivity contribution >= 4 is 0 Å². The average Bonchev–Trinajstić information content (AvgIpc) is 2.74. The minimum atomic E-state index is 0.461. The second-order valence-electron chi connectivity index (χ2n) is 4.96. The molecule has 0 spiro atoms. The highest BCUT2D eigenvalue weighted by Crippen LogP contribution is 2.26. The molecule has 1 aliphatic heterocycles. The molecule has 1 unspecified atom stereocenters. The molecule has 3 nitrogen and oxygen atoms in total. The van der Waals surface area contributed by atoms with Gasteiger partial charge in [0.05, 0.1) is 11.4 Å². The first kappa shape index (κ1) is 11.5. The molecule has 0 saturated carbocycles. The van der Waals surface area contributed by atoms with Crippen LogP contribution in [0.5, 0.6) is 0 Å². The fourth-order valence-electron chi connectivity index (χ4n) is 2.09. The maximum atomic E-state index is 4.76. The van der Waals surface area contributed by atoms with Crippen molar-refractivity contribution in [2.75, 3.05) is 0 Å². The monoisotopic (exact) mass is 219 g/mol. The Hall–Kier alpha value is -0.960. The van der Waals surface area contributed by atoms with E-state index in [9.17, 15) is 0 Å². The van der Waals surface area contributed by atoms with Gasteiger partial charge in [0, 0.05) is 24.6 Å². The number of nitrogens with one attached hydrogen (secondary N) is 1. The molecule has 3 heteroatoms. The Labute approximate surface area is 97.7 Å². The van der Waals surface area contributed by atoms with Gasteiger partial charge < -0.3 is 5.32 Å². The van der Waals surface area contributed by atoms with Gasteiger partial charge in [0.25, 0.3) is 0 Å². The molecule has 0 fully saturated rings. The predicted octanol–water partition coefficient (Wildman–Crippen LogP) is 2.72. The van der Waals surface area contributed by atoms with Crippen LogP contribution in [0.2, 0.25) is 0 Å². The van der Waals surface area contributed by atoms with Crippen molar-refractivity contribution < 1.29 is 0 Å². The van der Waals surface area contributed by atoms with Crippen LogP contribution in [0.25, 0.3) is 0 Å². The molecule has 1 aliphatic rings. The summed E-state index contributed by atoms with van der Waals surface area (Å²) in [6.45, 7) is 10.6. The number of rotatable bonds is 3. The molecule has 1 N–H and O–H groups in total. The maximum absolute atomic E-state index is 4.76. The zero-order valence-electron chi connectivity index (χ0n) is 10.7. The molecular weight excluding hydrogens is 198 g/mol. The van der Waals surface area contributed by atoms with E-state index >= 15 is 0 Å². The second kappa shape index (κ2) is 4.50. The number of hydrogen-bond donors (Lipinski definition) is 1. The third kappa shape index (κ3) is 1.96. The molecule has 0 saturated heterocycles. The molecule has 1 aromatic rings. The van der Waals surface area contributed by atoms with Gasteiger partial charge in [-0.3, -0.25) is 0 Å². The van der Waals surface area contributed by atoms with Crippen LogP contribution < -0.4 is 5.32 Å². The van der Waals surface area contributed by atoms with Crippen molar-refractivity contribution in [2.45, 2.75) is 59.0 Å². The van der Waals surface area contributed by atoms with Gasteiger partial charge in [0.2, 0.25) is 0 Å². The molecule has 2 rings (SSSR count). The van der Waals surface area contributed by atoms with Gasteiger partial charge in [-0.15, -0.1) is 0 Å². The van der Waals surface area contributed by atoms with E-state index in [1.54, 1.807) is 0 Å². The average molecular weight is 219 g/mol. The first-order chi connectivity index (χ1) is 7.63. The van der Waals surface area contributed by atoms with Crippen LogP contribution in [0.3, 0.4) is 0 Å². The van der Waals surface area contributed by atoms with E-state index in [1.165, 1.54) is 17.0 Å². The van der Waals surface area contributed by atoms with E-state index in [0.717, 1.165) is 25.3 Å². The molecule has 0 amide bonds. The quantitative estimate of drug-likeness (QED) is 0.849. The highest BCUT2D eigenvalue weighted by atomic mass is 15.0.